The average molecular weight is 340 g/mol. The second-order valence-electron chi connectivity index (χ2n) is 6.52. The zero-order valence-corrected chi connectivity index (χ0v) is 14.6. The van der Waals surface area contributed by atoms with Crippen LogP contribution < -0.4 is 5.32 Å². The number of carbonyl (C=O) groups is 1. The van der Waals surface area contributed by atoms with Gasteiger partial charge in [0.15, 0.2) is 0 Å². The van der Waals surface area contributed by atoms with Crippen LogP contribution in [0.2, 0.25) is 0 Å². The Balaban J connectivity index is 1.97. The normalized spacial score (nSPS) is 26.2. The predicted octanol–water partition coefficient (Wildman–Crippen LogP) is 0.242. The molecule has 2 fully saturated rings. The van der Waals surface area contributed by atoms with Crippen LogP contribution in [0.5, 0.6) is 0 Å². The van der Waals surface area contributed by atoms with Gasteiger partial charge in [-0.25, -0.2) is 8.42 Å². The highest BCUT2D eigenvalue weighted by atomic mass is 32.2. The summed E-state index contributed by atoms with van der Waals surface area (Å²) >= 11 is 0. The minimum Gasteiger partial charge on any atom is -0.354 e. The van der Waals surface area contributed by atoms with Gasteiger partial charge in [0, 0.05) is 38.9 Å². The van der Waals surface area contributed by atoms with Crippen molar-refractivity contribution in [1.29, 1.82) is 0 Å². The maximum absolute atomic E-state index is 13.1. The maximum atomic E-state index is 13.1. The lowest BCUT2D eigenvalue weighted by Crippen LogP contribution is -2.42. The monoisotopic (exact) mass is 340 g/mol. The molecule has 0 aliphatic carbocycles. The average Bonchev–Trinajstić information content (AvgIpc) is 3.03. The van der Waals surface area contributed by atoms with E-state index in [0.717, 1.165) is 32.4 Å². The van der Waals surface area contributed by atoms with E-state index in [4.69, 9.17) is 0 Å². The molecule has 0 spiro atoms. The quantitative estimate of drug-likeness (QED) is 0.855. The van der Waals surface area contributed by atoms with Crippen LogP contribution in [-0.4, -0.2) is 67.4 Å². The van der Waals surface area contributed by atoms with Crippen molar-refractivity contribution < 1.29 is 13.2 Å². The lowest BCUT2D eigenvalue weighted by Gasteiger charge is -2.26. The number of hydrogen-bond donors (Lipinski definition) is 1. The van der Waals surface area contributed by atoms with Gasteiger partial charge in [-0.3, -0.25) is 4.79 Å². The molecular formula is C15H24N4O3S. The molecule has 128 valence electrons. The fourth-order valence-corrected chi connectivity index (χ4v) is 5.71. The number of fused-ring (bicyclic) bond motifs is 2. The largest absolute Gasteiger partial charge is 0.354 e. The Bertz CT molecular complexity index is 712. The molecule has 23 heavy (non-hydrogen) atoms. The van der Waals surface area contributed by atoms with Gasteiger partial charge in [0.2, 0.25) is 10.0 Å². The van der Waals surface area contributed by atoms with E-state index < -0.39 is 10.0 Å². The van der Waals surface area contributed by atoms with Crippen LogP contribution >= 0.6 is 0 Å². The molecule has 0 aromatic carbocycles. The summed E-state index contributed by atoms with van der Waals surface area (Å²) in [4.78, 5) is 14.3. The van der Waals surface area contributed by atoms with Crippen molar-refractivity contribution in [3.63, 3.8) is 0 Å². The van der Waals surface area contributed by atoms with Gasteiger partial charge in [-0.15, -0.1) is 0 Å². The summed E-state index contributed by atoms with van der Waals surface area (Å²) in [5, 5.41) is 2.54. The molecule has 1 amide bonds. The number of nitrogens with zero attached hydrogens (tertiary/aromatic N) is 3. The van der Waals surface area contributed by atoms with E-state index in [9.17, 15) is 13.2 Å². The first-order chi connectivity index (χ1) is 10.8. The molecule has 1 aromatic rings. The first kappa shape index (κ1) is 16.5. The van der Waals surface area contributed by atoms with Gasteiger partial charge in [-0.1, -0.05) is 0 Å². The number of amides is 1. The summed E-state index contributed by atoms with van der Waals surface area (Å²) in [5.74, 6) is -0.285. The topological polar surface area (TPSA) is 74.7 Å². The van der Waals surface area contributed by atoms with Crippen molar-refractivity contribution in [2.75, 3.05) is 27.2 Å². The number of hydrogen-bond acceptors (Lipinski definition) is 4. The molecular weight excluding hydrogens is 316 g/mol. The summed E-state index contributed by atoms with van der Waals surface area (Å²) in [6, 6.07) is 1.57. The molecule has 7 nitrogen and oxygen atoms in total. The minimum absolute atomic E-state index is 0.0288. The van der Waals surface area contributed by atoms with Gasteiger partial charge in [0.25, 0.3) is 5.91 Å². The summed E-state index contributed by atoms with van der Waals surface area (Å²) in [5.41, 5.74) is 0.352. The highest BCUT2D eigenvalue weighted by molar-refractivity contribution is 7.89. The van der Waals surface area contributed by atoms with E-state index in [-0.39, 0.29) is 22.9 Å². The van der Waals surface area contributed by atoms with Crippen molar-refractivity contribution in [2.24, 2.45) is 7.05 Å². The molecule has 3 heterocycles. The number of likely N-dealkylation sites (N-methyl/N-ethyl adjacent to an activating group) is 1. The van der Waals surface area contributed by atoms with Crippen LogP contribution in [0.3, 0.4) is 0 Å². The first-order valence-electron chi connectivity index (χ1n) is 7.95. The first-order valence-corrected chi connectivity index (χ1v) is 9.39. The molecule has 3 rings (SSSR count). The molecule has 2 aliphatic rings. The Morgan fingerprint density at radius 3 is 2.61 bits per heavy atom. The molecule has 2 bridgehead atoms. The van der Waals surface area contributed by atoms with Gasteiger partial charge in [0.1, 0.15) is 10.6 Å². The van der Waals surface area contributed by atoms with Gasteiger partial charge in [-0.2, -0.15) is 4.31 Å². The van der Waals surface area contributed by atoms with Crippen molar-refractivity contribution in [2.45, 2.75) is 36.2 Å². The van der Waals surface area contributed by atoms with Crippen molar-refractivity contribution in [3.8, 4) is 0 Å². The van der Waals surface area contributed by atoms with Crippen LogP contribution in [0.25, 0.3) is 0 Å². The van der Waals surface area contributed by atoms with Crippen molar-refractivity contribution in [3.05, 3.63) is 18.0 Å². The highest BCUT2D eigenvalue weighted by Crippen LogP contribution is 2.35. The van der Waals surface area contributed by atoms with Crippen molar-refractivity contribution in [1.82, 2.24) is 19.1 Å². The number of aromatic nitrogens is 1. The van der Waals surface area contributed by atoms with Crippen LogP contribution in [-0.2, 0) is 17.1 Å². The van der Waals surface area contributed by atoms with E-state index in [1.54, 1.807) is 15.9 Å². The molecule has 1 N–H and O–H groups in total. The number of aryl methyl sites for hydroxylation is 1. The number of sulfonamides is 1. The molecule has 0 unspecified atom stereocenters. The second-order valence-corrected chi connectivity index (χ2v) is 8.37. The molecule has 8 heteroatoms. The number of rotatable bonds is 3. The minimum atomic E-state index is -3.58. The molecule has 1 aromatic heterocycles. The molecule has 0 radical (unpaired) electrons. The SMILES string of the molecule is CNC(=O)c1cc(S(=O)(=O)N2[C@H]3CC[C@@H]2CN(C)CC3)cn1C. The summed E-state index contributed by atoms with van der Waals surface area (Å²) in [6.07, 6.45) is 4.23. The third-order valence-electron chi connectivity index (χ3n) is 4.93. The van der Waals surface area contributed by atoms with E-state index in [1.807, 2.05) is 7.05 Å². The van der Waals surface area contributed by atoms with Crippen LogP contribution in [0, 0.1) is 0 Å². The fourth-order valence-electron chi connectivity index (χ4n) is 3.74. The standard InChI is InChI=1S/C15H24N4O3S/c1-16-15(20)14-8-13(10-18(14)3)23(21,22)19-11-4-5-12(19)9-17(2)7-6-11/h8,10-12H,4-7,9H2,1-3H3,(H,16,20)/t11-,12+/m0/s1. The molecule has 0 saturated carbocycles. The van der Waals surface area contributed by atoms with Gasteiger partial charge >= 0.3 is 0 Å². The molecule has 2 atom stereocenters. The summed E-state index contributed by atoms with van der Waals surface area (Å²) < 4.78 is 29.6. The van der Waals surface area contributed by atoms with Gasteiger partial charge in [0.05, 0.1) is 0 Å². The smallest absolute Gasteiger partial charge is 0.267 e. The van der Waals surface area contributed by atoms with Crippen LogP contribution in [0.15, 0.2) is 17.2 Å². The zero-order chi connectivity index (χ0) is 16.8. The van der Waals surface area contributed by atoms with E-state index >= 15 is 0 Å². The van der Waals surface area contributed by atoms with Gasteiger partial charge < -0.3 is 14.8 Å². The maximum Gasteiger partial charge on any atom is 0.267 e. The van der Waals surface area contributed by atoms with E-state index in [1.165, 1.54) is 19.3 Å². The molecule has 2 saturated heterocycles. The Morgan fingerprint density at radius 2 is 1.91 bits per heavy atom. The highest BCUT2D eigenvalue weighted by Gasteiger charge is 2.44. The number of carbonyl (C=O) groups excluding carboxylic acids is 1. The number of nitrogens with one attached hydrogen (secondary N) is 1. The lowest BCUT2D eigenvalue weighted by atomic mass is 10.1. The number of likely N-dealkylation sites (tertiary alicyclic amines) is 1. The Hall–Kier alpha value is -1.38. The van der Waals surface area contributed by atoms with Crippen LogP contribution in [0.4, 0.5) is 0 Å². The third kappa shape index (κ3) is 2.79. The van der Waals surface area contributed by atoms with Crippen LogP contribution in [0.1, 0.15) is 29.8 Å². The predicted molar refractivity (Wildman–Crippen MR) is 86.8 cm³/mol. The second kappa shape index (κ2) is 5.92. The lowest BCUT2D eigenvalue weighted by molar-refractivity contribution is 0.0955. The summed E-state index contributed by atoms with van der Waals surface area (Å²) in [7, 11) is 1.68. The zero-order valence-electron chi connectivity index (χ0n) is 13.8. The Morgan fingerprint density at radius 1 is 1.22 bits per heavy atom. The Labute approximate surface area is 137 Å². The van der Waals surface area contributed by atoms with Crippen molar-refractivity contribution >= 4 is 15.9 Å². The molecule has 2 aliphatic heterocycles. The van der Waals surface area contributed by atoms with E-state index in [0.29, 0.717) is 5.69 Å². The van der Waals surface area contributed by atoms with Gasteiger partial charge in [-0.05, 0) is 38.9 Å². The summed E-state index contributed by atoms with van der Waals surface area (Å²) in [6.45, 7) is 1.69. The third-order valence-corrected chi connectivity index (χ3v) is 6.90. The fraction of sp³-hybridized carbons (Fsp3) is 0.667. The van der Waals surface area contributed by atoms with E-state index in [2.05, 4.69) is 10.2 Å². The Kier molecular flexibility index (Phi) is 4.24.